The molecule has 3 aromatic rings. The molecular formula is C29H33FN2O4. The number of halogens is 1. The van der Waals surface area contributed by atoms with Crippen LogP contribution in [0.3, 0.4) is 0 Å². The van der Waals surface area contributed by atoms with Gasteiger partial charge in [-0.3, -0.25) is 9.78 Å². The predicted octanol–water partition coefficient (Wildman–Crippen LogP) is 4.85. The molecule has 0 aliphatic carbocycles. The molecular weight excluding hydrogens is 459 g/mol. The Hall–Kier alpha value is -3.29. The van der Waals surface area contributed by atoms with E-state index in [2.05, 4.69) is 9.88 Å². The largest absolute Gasteiger partial charge is 0.493 e. The Morgan fingerprint density at radius 3 is 2.50 bits per heavy atom. The minimum Gasteiger partial charge on any atom is -0.493 e. The maximum absolute atomic E-state index is 13.6. The quantitative estimate of drug-likeness (QED) is 0.322. The number of ether oxygens (including phenoxy) is 2. The second kappa shape index (κ2) is 11.6. The molecule has 7 heteroatoms. The monoisotopic (exact) mass is 492 g/mol. The average Bonchev–Trinajstić information content (AvgIpc) is 2.91. The lowest BCUT2D eigenvalue weighted by Gasteiger charge is -2.41. The molecule has 4 rings (SSSR count). The summed E-state index contributed by atoms with van der Waals surface area (Å²) in [7, 11) is 1.56. The number of Topliss-reactive ketones (excluding diaryl/α,β-unsaturated/α-hetero) is 1. The maximum Gasteiger partial charge on any atom is 0.161 e. The molecule has 0 bridgehead atoms. The van der Waals surface area contributed by atoms with Crippen LogP contribution in [0.1, 0.15) is 47.8 Å². The number of pyridine rings is 1. The number of carbonyl (C=O) groups excluding carboxylic acids is 1. The first-order valence-electron chi connectivity index (χ1n) is 12.4. The molecule has 1 N–H and O–H groups in total. The standard InChI is InChI=1S/C29H33FN2O4/c1-21(33)22-7-12-26(27(20-22)35-2)36-19-5-16-32-17-13-24(14-18-32)29(34,28-6-3-4-15-31-28)23-8-10-25(30)11-9-23/h3-4,6-12,15,20,24,34H,5,13-14,16-19H2,1-2H3. The zero-order chi connectivity index (χ0) is 25.5. The highest BCUT2D eigenvalue weighted by Crippen LogP contribution is 2.41. The molecule has 0 amide bonds. The summed E-state index contributed by atoms with van der Waals surface area (Å²) < 4.78 is 24.9. The van der Waals surface area contributed by atoms with Crippen LogP contribution in [-0.2, 0) is 5.60 Å². The van der Waals surface area contributed by atoms with Crippen molar-refractivity contribution in [1.82, 2.24) is 9.88 Å². The Bertz CT molecular complexity index is 1150. The molecule has 6 nitrogen and oxygen atoms in total. The molecule has 0 radical (unpaired) electrons. The topological polar surface area (TPSA) is 71.9 Å². The number of carbonyl (C=O) groups is 1. The van der Waals surface area contributed by atoms with Crippen LogP contribution >= 0.6 is 0 Å². The Balaban J connectivity index is 1.33. The van der Waals surface area contributed by atoms with Crippen molar-refractivity contribution in [2.75, 3.05) is 33.4 Å². The number of piperidine rings is 1. The highest BCUT2D eigenvalue weighted by Gasteiger charge is 2.42. The Labute approximate surface area is 211 Å². The molecule has 2 heterocycles. The van der Waals surface area contributed by atoms with E-state index in [0.717, 1.165) is 38.9 Å². The van der Waals surface area contributed by atoms with E-state index >= 15 is 0 Å². The number of hydrogen-bond donors (Lipinski definition) is 1. The molecule has 1 fully saturated rings. The minimum absolute atomic E-state index is 0.0161. The summed E-state index contributed by atoms with van der Waals surface area (Å²) in [5.74, 6) is 0.803. The van der Waals surface area contributed by atoms with Crippen molar-refractivity contribution in [1.29, 1.82) is 0 Å². The van der Waals surface area contributed by atoms with Crippen molar-refractivity contribution in [2.24, 2.45) is 5.92 Å². The van der Waals surface area contributed by atoms with Crippen LogP contribution in [0.4, 0.5) is 4.39 Å². The van der Waals surface area contributed by atoms with Crippen LogP contribution in [-0.4, -0.2) is 54.1 Å². The highest BCUT2D eigenvalue weighted by molar-refractivity contribution is 5.94. The Morgan fingerprint density at radius 1 is 1.11 bits per heavy atom. The van der Waals surface area contributed by atoms with E-state index in [0.29, 0.717) is 34.9 Å². The molecule has 0 saturated carbocycles. The second-order valence-corrected chi connectivity index (χ2v) is 9.23. The molecule has 0 spiro atoms. The van der Waals surface area contributed by atoms with E-state index in [9.17, 15) is 14.3 Å². The molecule has 36 heavy (non-hydrogen) atoms. The van der Waals surface area contributed by atoms with Gasteiger partial charge in [0.15, 0.2) is 17.3 Å². The van der Waals surface area contributed by atoms with Crippen molar-refractivity contribution in [3.8, 4) is 11.5 Å². The Morgan fingerprint density at radius 2 is 1.86 bits per heavy atom. The lowest BCUT2D eigenvalue weighted by atomic mass is 9.74. The van der Waals surface area contributed by atoms with Gasteiger partial charge in [-0.2, -0.15) is 0 Å². The van der Waals surface area contributed by atoms with E-state index in [1.54, 1.807) is 43.6 Å². The second-order valence-electron chi connectivity index (χ2n) is 9.23. The van der Waals surface area contributed by atoms with E-state index < -0.39 is 5.60 Å². The van der Waals surface area contributed by atoms with Gasteiger partial charge in [0, 0.05) is 24.2 Å². The number of likely N-dealkylation sites (tertiary alicyclic amines) is 1. The number of methoxy groups -OCH3 is 1. The summed E-state index contributed by atoms with van der Waals surface area (Å²) in [5, 5.41) is 11.9. The molecule has 190 valence electrons. The average molecular weight is 493 g/mol. The number of hydrogen-bond acceptors (Lipinski definition) is 6. The number of aromatic nitrogens is 1. The third kappa shape index (κ3) is 5.74. The highest BCUT2D eigenvalue weighted by atomic mass is 19.1. The summed E-state index contributed by atoms with van der Waals surface area (Å²) in [5.41, 5.74) is 0.577. The fraction of sp³-hybridized carbons (Fsp3) is 0.379. The van der Waals surface area contributed by atoms with Gasteiger partial charge in [-0.1, -0.05) is 18.2 Å². The molecule has 1 saturated heterocycles. The first kappa shape index (κ1) is 25.8. The molecule has 1 aliphatic rings. The van der Waals surface area contributed by atoms with Crippen LogP contribution < -0.4 is 9.47 Å². The Kier molecular flexibility index (Phi) is 8.33. The van der Waals surface area contributed by atoms with Crippen LogP contribution in [0.25, 0.3) is 0 Å². The molecule has 2 aromatic carbocycles. The van der Waals surface area contributed by atoms with Gasteiger partial charge in [-0.25, -0.2) is 4.39 Å². The normalized spacial score (nSPS) is 16.3. The molecule has 1 aromatic heterocycles. The maximum atomic E-state index is 13.6. The van der Waals surface area contributed by atoms with E-state index in [-0.39, 0.29) is 17.5 Å². The lowest BCUT2D eigenvalue weighted by Crippen LogP contribution is -2.45. The van der Waals surface area contributed by atoms with E-state index in [1.165, 1.54) is 19.1 Å². The van der Waals surface area contributed by atoms with Crippen LogP contribution in [0.2, 0.25) is 0 Å². The zero-order valence-electron chi connectivity index (χ0n) is 20.8. The van der Waals surface area contributed by atoms with Crippen molar-refractivity contribution >= 4 is 5.78 Å². The number of aliphatic hydroxyl groups is 1. The summed E-state index contributed by atoms with van der Waals surface area (Å²) in [6.45, 7) is 4.62. The summed E-state index contributed by atoms with van der Waals surface area (Å²) in [4.78, 5) is 18.4. The van der Waals surface area contributed by atoms with Gasteiger partial charge >= 0.3 is 0 Å². The number of rotatable bonds is 10. The van der Waals surface area contributed by atoms with Gasteiger partial charge in [0.05, 0.1) is 19.4 Å². The number of nitrogens with zero attached hydrogens (tertiary/aromatic N) is 2. The van der Waals surface area contributed by atoms with Gasteiger partial charge in [0.1, 0.15) is 11.4 Å². The number of benzene rings is 2. The summed E-state index contributed by atoms with van der Waals surface area (Å²) >= 11 is 0. The van der Waals surface area contributed by atoms with E-state index in [4.69, 9.17) is 9.47 Å². The van der Waals surface area contributed by atoms with Crippen molar-refractivity contribution in [2.45, 2.75) is 31.8 Å². The first-order chi connectivity index (χ1) is 17.4. The summed E-state index contributed by atoms with van der Waals surface area (Å²) in [6.07, 6.45) is 4.11. The van der Waals surface area contributed by atoms with Crippen LogP contribution in [0.15, 0.2) is 66.9 Å². The first-order valence-corrected chi connectivity index (χ1v) is 12.4. The molecule has 1 atom stereocenters. The summed E-state index contributed by atoms with van der Waals surface area (Å²) in [6, 6.07) is 16.8. The molecule has 1 unspecified atom stereocenters. The smallest absolute Gasteiger partial charge is 0.161 e. The van der Waals surface area contributed by atoms with Crippen molar-refractivity contribution in [3.05, 3.63) is 89.5 Å². The van der Waals surface area contributed by atoms with Crippen molar-refractivity contribution in [3.63, 3.8) is 0 Å². The third-order valence-electron chi connectivity index (χ3n) is 6.96. The van der Waals surface area contributed by atoms with Gasteiger partial charge in [0.25, 0.3) is 0 Å². The minimum atomic E-state index is -1.27. The predicted molar refractivity (Wildman–Crippen MR) is 136 cm³/mol. The third-order valence-corrected chi connectivity index (χ3v) is 6.96. The fourth-order valence-electron chi connectivity index (χ4n) is 4.94. The van der Waals surface area contributed by atoms with Gasteiger partial charge in [-0.15, -0.1) is 0 Å². The van der Waals surface area contributed by atoms with Crippen LogP contribution in [0.5, 0.6) is 11.5 Å². The van der Waals surface area contributed by atoms with Gasteiger partial charge in [0.2, 0.25) is 0 Å². The zero-order valence-corrected chi connectivity index (χ0v) is 20.8. The van der Waals surface area contributed by atoms with Crippen LogP contribution in [0, 0.1) is 11.7 Å². The van der Waals surface area contributed by atoms with Gasteiger partial charge < -0.3 is 19.5 Å². The fourth-order valence-corrected chi connectivity index (χ4v) is 4.94. The van der Waals surface area contributed by atoms with Gasteiger partial charge in [-0.05, 0) is 87.3 Å². The van der Waals surface area contributed by atoms with Crippen molar-refractivity contribution < 1.29 is 23.8 Å². The lowest BCUT2D eigenvalue weighted by molar-refractivity contribution is -0.0179. The SMILES string of the molecule is COc1cc(C(C)=O)ccc1OCCCN1CCC(C(O)(c2ccc(F)cc2)c2ccccn2)CC1. The molecule has 1 aliphatic heterocycles. The number of ketones is 1. The van der Waals surface area contributed by atoms with E-state index in [1.807, 2.05) is 18.2 Å².